The summed E-state index contributed by atoms with van der Waals surface area (Å²) in [5.41, 5.74) is 4.85. The van der Waals surface area contributed by atoms with Gasteiger partial charge in [-0.15, -0.1) is 0 Å². The Labute approximate surface area is 189 Å². The van der Waals surface area contributed by atoms with E-state index in [1.807, 2.05) is 45.9 Å². The van der Waals surface area contributed by atoms with Crippen molar-refractivity contribution in [3.8, 4) is 5.75 Å². The number of rotatable bonds is 7. The molecule has 0 aromatic heterocycles. The highest BCUT2D eigenvalue weighted by molar-refractivity contribution is 7.92. The maximum atomic E-state index is 13.6. The van der Waals surface area contributed by atoms with Crippen molar-refractivity contribution < 1.29 is 17.9 Å². The molecular formula is C25H28N2O4S. The van der Waals surface area contributed by atoms with Gasteiger partial charge in [0.2, 0.25) is 5.91 Å². The Hall–Kier alpha value is -3.32. The molecular weight excluding hydrogens is 424 g/mol. The standard InChI is InChI=1S/C25H28N2O4S/c1-17-6-11-22(12-7-17)32(29,30)27(23-14-18(2)8-13-24(23)31-5)16-25(28)26-21-10-9-19(3)20(4)15-21/h6-15H,16H2,1-5H3,(H,26,28). The molecule has 1 amide bonds. The van der Waals surface area contributed by atoms with Crippen LogP contribution in [0.2, 0.25) is 0 Å². The van der Waals surface area contributed by atoms with Crippen molar-refractivity contribution >= 4 is 27.3 Å². The Kier molecular flexibility index (Phi) is 6.89. The van der Waals surface area contributed by atoms with Gasteiger partial charge in [-0.05, 0) is 80.8 Å². The monoisotopic (exact) mass is 452 g/mol. The first-order valence-corrected chi connectivity index (χ1v) is 11.7. The second kappa shape index (κ2) is 9.44. The second-order valence-corrected chi connectivity index (χ2v) is 9.71. The number of hydrogen-bond acceptors (Lipinski definition) is 4. The van der Waals surface area contributed by atoms with Crippen LogP contribution in [0.5, 0.6) is 5.75 Å². The number of methoxy groups -OCH3 is 1. The highest BCUT2D eigenvalue weighted by Gasteiger charge is 2.29. The first-order chi connectivity index (χ1) is 15.1. The highest BCUT2D eigenvalue weighted by atomic mass is 32.2. The van der Waals surface area contributed by atoms with Gasteiger partial charge in [-0.3, -0.25) is 9.10 Å². The minimum Gasteiger partial charge on any atom is -0.495 e. The van der Waals surface area contributed by atoms with Gasteiger partial charge in [-0.25, -0.2) is 8.42 Å². The van der Waals surface area contributed by atoms with Crippen LogP contribution in [-0.4, -0.2) is 28.0 Å². The van der Waals surface area contributed by atoms with Gasteiger partial charge in [-0.1, -0.05) is 29.8 Å². The molecule has 3 rings (SSSR count). The second-order valence-electron chi connectivity index (χ2n) is 7.85. The third-order valence-corrected chi connectivity index (χ3v) is 7.06. The molecule has 0 aliphatic carbocycles. The van der Waals surface area contributed by atoms with Crippen LogP contribution in [0.3, 0.4) is 0 Å². The zero-order valence-corrected chi connectivity index (χ0v) is 19.8. The highest BCUT2D eigenvalue weighted by Crippen LogP contribution is 2.33. The Bertz CT molecular complexity index is 1240. The van der Waals surface area contributed by atoms with E-state index in [9.17, 15) is 13.2 Å². The fraction of sp³-hybridized carbons (Fsp3) is 0.240. The lowest BCUT2D eigenvalue weighted by Crippen LogP contribution is -2.38. The third kappa shape index (κ3) is 5.11. The fourth-order valence-corrected chi connectivity index (χ4v) is 4.71. The molecule has 0 aliphatic heterocycles. The van der Waals surface area contributed by atoms with E-state index < -0.39 is 22.5 Å². The molecule has 168 valence electrons. The van der Waals surface area contributed by atoms with Crippen molar-refractivity contribution in [3.05, 3.63) is 82.9 Å². The van der Waals surface area contributed by atoms with Crippen molar-refractivity contribution in [2.24, 2.45) is 0 Å². The molecule has 32 heavy (non-hydrogen) atoms. The van der Waals surface area contributed by atoms with Crippen LogP contribution in [0.4, 0.5) is 11.4 Å². The Morgan fingerprint density at radius 2 is 1.53 bits per heavy atom. The van der Waals surface area contributed by atoms with Crippen LogP contribution in [-0.2, 0) is 14.8 Å². The summed E-state index contributed by atoms with van der Waals surface area (Å²) in [5, 5.41) is 2.81. The van der Waals surface area contributed by atoms with E-state index in [-0.39, 0.29) is 4.90 Å². The summed E-state index contributed by atoms with van der Waals surface area (Å²) >= 11 is 0. The third-order valence-electron chi connectivity index (χ3n) is 5.29. The van der Waals surface area contributed by atoms with E-state index in [4.69, 9.17) is 4.74 Å². The molecule has 1 N–H and O–H groups in total. The molecule has 0 fully saturated rings. The number of anilines is 2. The van der Waals surface area contributed by atoms with Gasteiger partial charge in [0.1, 0.15) is 12.3 Å². The molecule has 0 saturated carbocycles. The Morgan fingerprint density at radius 3 is 2.16 bits per heavy atom. The molecule has 0 radical (unpaired) electrons. The largest absolute Gasteiger partial charge is 0.495 e. The SMILES string of the molecule is COc1ccc(C)cc1N(CC(=O)Nc1ccc(C)c(C)c1)S(=O)(=O)c1ccc(C)cc1. The summed E-state index contributed by atoms with van der Waals surface area (Å²) in [6.07, 6.45) is 0. The number of nitrogens with zero attached hydrogens (tertiary/aromatic N) is 1. The maximum Gasteiger partial charge on any atom is 0.264 e. The summed E-state index contributed by atoms with van der Waals surface area (Å²) in [6, 6.07) is 17.3. The molecule has 0 spiro atoms. The first-order valence-electron chi connectivity index (χ1n) is 10.2. The number of amides is 1. The number of hydrogen-bond donors (Lipinski definition) is 1. The Morgan fingerprint density at radius 1 is 0.875 bits per heavy atom. The van der Waals surface area contributed by atoms with Crippen molar-refractivity contribution in [1.29, 1.82) is 0 Å². The average molecular weight is 453 g/mol. The summed E-state index contributed by atoms with van der Waals surface area (Å²) < 4.78 is 33.7. The zero-order valence-electron chi connectivity index (χ0n) is 19.0. The molecule has 0 atom stereocenters. The molecule has 3 aromatic carbocycles. The normalized spacial score (nSPS) is 11.2. The van der Waals surface area contributed by atoms with E-state index in [1.54, 1.807) is 42.5 Å². The molecule has 0 heterocycles. The predicted molar refractivity (Wildman–Crippen MR) is 128 cm³/mol. The maximum absolute atomic E-state index is 13.6. The smallest absolute Gasteiger partial charge is 0.264 e. The lowest BCUT2D eigenvalue weighted by Gasteiger charge is -2.26. The van der Waals surface area contributed by atoms with E-state index in [0.29, 0.717) is 17.1 Å². The van der Waals surface area contributed by atoms with Gasteiger partial charge < -0.3 is 10.1 Å². The number of carbonyl (C=O) groups is 1. The van der Waals surface area contributed by atoms with E-state index in [2.05, 4.69) is 5.32 Å². The molecule has 6 nitrogen and oxygen atoms in total. The van der Waals surface area contributed by atoms with Crippen LogP contribution < -0.4 is 14.4 Å². The van der Waals surface area contributed by atoms with Crippen LogP contribution in [0.1, 0.15) is 22.3 Å². The number of ether oxygens (including phenoxy) is 1. The lowest BCUT2D eigenvalue weighted by atomic mass is 10.1. The minimum atomic E-state index is -4.03. The molecule has 0 bridgehead atoms. The summed E-state index contributed by atoms with van der Waals surface area (Å²) in [4.78, 5) is 13.1. The fourth-order valence-electron chi connectivity index (χ4n) is 3.28. The molecule has 0 saturated heterocycles. The van der Waals surface area contributed by atoms with Gasteiger partial charge in [0, 0.05) is 5.69 Å². The number of aryl methyl sites for hydroxylation is 4. The molecule has 3 aromatic rings. The zero-order chi connectivity index (χ0) is 23.5. The molecule has 0 unspecified atom stereocenters. The van der Waals surface area contributed by atoms with E-state index >= 15 is 0 Å². The van der Waals surface area contributed by atoms with Crippen LogP contribution >= 0.6 is 0 Å². The minimum absolute atomic E-state index is 0.102. The number of nitrogens with one attached hydrogen (secondary N) is 1. The number of benzene rings is 3. The first kappa shape index (κ1) is 23.3. The van der Waals surface area contributed by atoms with Gasteiger partial charge in [-0.2, -0.15) is 0 Å². The summed E-state index contributed by atoms with van der Waals surface area (Å²) in [7, 11) is -2.56. The van der Waals surface area contributed by atoms with Crippen molar-refractivity contribution in [2.75, 3.05) is 23.3 Å². The van der Waals surface area contributed by atoms with Crippen molar-refractivity contribution in [1.82, 2.24) is 0 Å². The van der Waals surface area contributed by atoms with Gasteiger partial charge in [0.05, 0.1) is 17.7 Å². The van der Waals surface area contributed by atoms with Crippen LogP contribution in [0, 0.1) is 27.7 Å². The van der Waals surface area contributed by atoms with Gasteiger partial charge >= 0.3 is 0 Å². The van der Waals surface area contributed by atoms with Gasteiger partial charge in [0.25, 0.3) is 10.0 Å². The summed E-state index contributed by atoms with van der Waals surface area (Å²) in [5.74, 6) is -0.0854. The number of sulfonamides is 1. The topological polar surface area (TPSA) is 75.7 Å². The lowest BCUT2D eigenvalue weighted by molar-refractivity contribution is -0.114. The van der Waals surface area contributed by atoms with Gasteiger partial charge in [0.15, 0.2) is 0 Å². The molecule has 0 aliphatic rings. The van der Waals surface area contributed by atoms with Crippen molar-refractivity contribution in [3.63, 3.8) is 0 Å². The van der Waals surface area contributed by atoms with E-state index in [0.717, 1.165) is 26.6 Å². The quantitative estimate of drug-likeness (QED) is 0.561. The summed E-state index contributed by atoms with van der Waals surface area (Å²) in [6.45, 7) is 7.28. The average Bonchev–Trinajstić information content (AvgIpc) is 2.75. The Balaban J connectivity index is 2.02. The molecule has 7 heteroatoms. The van der Waals surface area contributed by atoms with Crippen LogP contribution in [0.15, 0.2) is 65.6 Å². The van der Waals surface area contributed by atoms with E-state index in [1.165, 1.54) is 7.11 Å². The number of carbonyl (C=O) groups excluding carboxylic acids is 1. The van der Waals surface area contributed by atoms with Crippen molar-refractivity contribution in [2.45, 2.75) is 32.6 Å². The van der Waals surface area contributed by atoms with Crippen LogP contribution in [0.25, 0.3) is 0 Å². The predicted octanol–water partition coefficient (Wildman–Crippen LogP) is 4.76.